The number of halogens is 3. The van der Waals surface area contributed by atoms with E-state index in [4.69, 9.17) is 4.74 Å². The van der Waals surface area contributed by atoms with E-state index < -0.39 is 17.2 Å². The molecule has 1 N–H and O–H groups in total. The minimum atomic E-state index is -4.43. The predicted molar refractivity (Wildman–Crippen MR) is 131 cm³/mol. The quantitative estimate of drug-likeness (QED) is 0.596. The van der Waals surface area contributed by atoms with Crippen LogP contribution in [0.3, 0.4) is 0 Å². The Labute approximate surface area is 212 Å². The summed E-state index contributed by atoms with van der Waals surface area (Å²) in [5.41, 5.74) is -0.00601. The van der Waals surface area contributed by atoms with E-state index in [1.165, 1.54) is 25.3 Å². The third kappa shape index (κ3) is 5.31. The minimum absolute atomic E-state index is 0.104. The van der Waals surface area contributed by atoms with Gasteiger partial charge in [-0.3, -0.25) is 9.78 Å². The predicted octanol–water partition coefficient (Wildman–Crippen LogP) is 5.36. The Bertz CT molecular complexity index is 928. The molecule has 1 aromatic heterocycles. The first-order valence-electron chi connectivity index (χ1n) is 13.8. The molecule has 2 bridgehead atoms. The number of hydrogen-bond donors (Lipinski definition) is 1. The molecule has 200 valence electrons. The zero-order valence-electron chi connectivity index (χ0n) is 21.6. The second kappa shape index (κ2) is 10.2. The second-order valence-corrected chi connectivity index (χ2v) is 12.1. The van der Waals surface area contributed by atoms with Crippen molar-refractivity contribution in [2.45, 2.75) is 96.4 Å². The van der Waals surface area contributed by atoms with Gasteiger partial charge in [-0.15, -0.1) is 0 Å². The molecule has 0 spiro atoms. The maximum atomic E-state index is 14.0. The van der Waals surface area contributed by atoms with Crippen molar-refractivity contribution < 1.29 is 22.7 Å². The summed E-state index contributed by atoms with van der Waals surface area (Å²) in [5, 5.41) is 3.96. The zero-order valence-corrected chi connectivity index (χ0v) is 21.6. The number of carbonyl (C=O) groups excluding carboxylic acids is 1. The van der Waals surface area contributed by atoms with Crippen LogP contribution >= 0.6 is 0 Å². The van der Waals surface area contributed by atoms with Gasteiger partial charge in [-0.05, 0) is 74.3 Å². The van der Waals surface area contributed by atoms with Crippen LogP contribution in [-0.2, 0) is 28.7 Å². The van der Waals surface area contributed by atoms with Gasteiger partial charge in [0.25, 0.3) is 0 Å². The molecule has 4 fully saturated rings. The summed E-state index contributed by atoms with van der Waals surface area (Å²) in [6.07, 6.45) is 5.67. The average Bonchev–Trinajstić information content (AvgIpc) is 3.23. The number of aromatic nitrogens is 1. The van der Waals surface area contributed by atoms with Crippen molar-refractivity contribution in [2.24, 2.45) is 23.2 Å². The molecule has 8 heteroatoms. The van der Waals surface area contributed by atoms with Crippen LogP contribution in [0.4, 0.5) is 13.2 Å². The highest BCUT2D eigenvalue weighted by Crippen LogP contribution is 2.47. The third-order valence-electron chi connectivity index (χ3n) is 9.37. The monoisotopic (exact) mass is 507 g/mol. The van der Waals surface area contributed by atoms with Crippen LogP contribution in [0.5, 0.6) is 0 Å². The highest BCUT2D eigenvalue weighted by molar-refractivity contribution is 5.83. The molecule has 1 amide bonds. The van der Waals surface area contributed by atoms with Crippen LogP contribution in [0.1, 0.15) is 82.0 Å². The van der Waals surface area contributed by atoms with Crippen LogP contribution in [0.25, 0.3) is 0 Å². The van der Waals surface area contributed by atoms with Crippen molar-refractivity contribution in [1.29, 1.82) is 0 Å². The molecule has 0 radical (unpaired) electrons. The summed E-state index contributed by atoms with van der Waals surface area (Å²) in [7, 11) is 0. The Morgan fingerprint density at radius 1 is 1.17 bits per heavy atom. The number of alkyl halides is 3. The van der Waals surface area contributed by atoms with E-state index >= 15 is 0 Å². The highest BCUT2D eigenvalue weighted by Gasteiger charge is 2.50. The van der Waals surface area contributed by atoms with Crippen molar-refractivity contribution in [2.75, 3.05) is 19.8 Å². The van der Waals surface area contributed by atoms with E-state index in [0.717, 1.165) is 51.5 Å². The van der Waals surface area contributed by atoms with Crippen LogP contribution in [-0.4, -0.2) is 47.6 Å². The Morgan fingerprint density at radius 2 is 1.89 bits per heavy atom. The standard InChI is InChI=1S/C28H40F3N3O2/c1-18(2)27(26(35)34-9-7-25-21(15-34)12-22(14-32-25)28(29,30)31)8-6-23(13-27)33-24-10-19-4-3-5-20(11-24)17-36-16-19/h12,14,18-20,23-24,33H,3-11,13,15-17H2,1-2H3/t19?,20?,23-,24?,27+/m1/s1. The maximum absolute atomic E-state index is 14.0. The van der Waals surface area contributed by atoms with E-state index in [1.807, 2.05) is 0 Å². The number of rotatable bonds is 4. The number of pyridine rings is 1. The van der Waals surface area contributed by atoms with Crippen LogP contribution in [0.2, 0.25) is 0 Å². The molecule has 5 aliphatic rings. The molecule has 4 heterocycles. The molecule has 36 heavy (non-hydrogen) atoms. The Hall–Kier alpha value is -1.67. The van der Waals surface area contributed by atoms with E-state index in [-0.39, 0.29) is 18.4 Å². The summed E-state index contributed by atoms with van der Waals surface area (Å²) in [4.78, 5) is 19.9. The lowest BCUT2D eigenvalue weighted by Gasteiger charge is -2.40. The van der Waals surface area contributed by atoms with Crippen LogP contribution in [0.15, 0.2) is 12.3 Å². The number of hydrogen-bond acceptors (Lipinski definition) is 4. The van der Waals surface area contributed by atoms with Crippen LogP contribution < -0.4 is 5.32 Å². The van der Waals surface area contributed by atoms with Gasteiger partial charge in [-0.2, -0.15) is 13.2 Å². The SMILES string of the molecule is CC(C)[C@]1(C(=O)N2CCc3ncc(C(F)(F)F)cc3C2)CC[C@@H](NC2CC3CCCC(COC3)C2)C1. The van der Waals surface area contributed by atoms with Gasteiger partial charge in [-0.1, -0.05) is 20.3 Å². The molecular weight excluding hydrogens is 467 g/mol. The fraction of sp³-hybridized carbons (Fsp3) is 0.786. The van der Waals surface area contributed by atoms with Crippen molar-refractivity contribution >= 4 is 5.91 Å². The van der Waals surface area contributed by atoms with Gasteiger partial charge in [0.15, 0.2) is 0 Å². The summed E-state index contributed by atoms with van der Waals surface area (Å²) in [5.74, 6) is 1.51. The summed E-state index contributed by atoms with van der Waals surface area (Å²) in [6, 6.07) is 1.96. The minimum Gasteiger partial charge on any atom is -0.381 e. The van der Waals surface area contributed by atoms with E-state index in [9.17, 15) is 18.0 Å². The van der Waals surface area contributed by atoms with Gasteiger partial charge in [0, 0.05) is 56.7 Å². The first-order chi connectivity index (χ1) is 17.1. The molecule has 6 rings (SSSR count). The maximum Gasteiger partial charge on any atom is 0.417 e. The number of carbonyl (C=O) groups is 1. The molecule has 2 saturated carbocycles. The molecule has 3 aliphatic heterocycles. The average molecular weight is 508 g/mol. The summed E-state index contributed by atoms with van der Waals surface area (Å²) < 4.78 is 45.7. The molecule has 2 aliphatic carbocycles. The molecule has 5 nitrogen and oxygen atoms in total. The highest BCUT2D eigenvalue weighted by atomic mass is 19.4. The fourth-order valence-electron chi connectivity index (χ4n) is 7.26. The summed E-state index contributed by atoms with van der Waals surface area (Å²) >= 11 is 0. The molecule has 1 aromatic rings. The molecule has 0 aromatic carbocycles. The van der Waals surface area contributed by atoms with Gasteiger partial charge >= 0.3 is 6.18 Å². The van der Waals surface area contributed by atoms with Crippen molar-refractivity contribution in [3.05, 3.63) is 29.1 Å². The molecule has 2 saturated heterocycles. The van der Waals surface area contributed by atoms with Crippen molar-refractivity contribution in [3.63, 3.8) is 0 Å². The molecular formula is C28H40F3N3O2. The third-order valence-corrected chi connectivity index (χ3v) is 9.37. The second-order valence-electron chi connectivity index (χ2n) is 12.1. The lowest BCUT2D eigenvalue weighted by atomic mass is 9.73. The summed E-state index contributed by atoms with van der Waals surface area (Å²) in [6.45, 7) is 6.72. The number of fused-ring (bicyclic) bond motifs is 7. The Morgan fingerprint density at radius 3 is 2.56 bits per heavy atom. The smallest absolute Gasteiger partial charge is 0.381 e. The lowest BCUT2D eigenvalue weighted by molar-refractivity contribution is -0.146. The van der Waals surface area contributed by atoms with Gasteiger partial charge in [0.05, 0.1) is 11.0 Å². The van der Waals surface area contributed by atoms with E-state index in [2.05, 4.69) is 24.1 Å². The van der Waals surface area contributed by atoms with Gasteiger partial charge in [0.1, 0.15) is 0 Å². The van der Waals surface area contributed by atoms with E-state index in [1.54, 1.807) is 4.90 Å². The Balaban J connectivity index is 1.28. The number of nitrogens with zero attached hydrogens (tertiary/aromatic N) is 2. The largest absolute Gasteiger partial charge is 0.417 e. The number of ether oxygens (including phenoxy) is 1. The zero-order chi connectivity index (χ0) is 25.5. The first kappa shape index (κ1) is 26.0. The van der Waals surface area contributed by atoms with Crippen molar-refractivity contribution in [3.8, 4) is 0 Å². The van der Waals surface area contributed by atoms with Gasteiger partial charge < -0.3 is 15.0 Å². The lowest BCUT2D eigenvalue weighted by Crippen LogP contribution is -2.49. The van der Waals surface area contributed by atoms with E-state index in [0.29, 0.717) is 48.1 Å². The van der Waals surface area contributed by atoms with Gasteiger partial charge in [-0.25, -0.2) is 0 Å². The number of nitrogens with one attached hydrogen (secondary N) is 1. The topological polar surface area (TPSA) is 54.5 Å². The molecule has 2 unspecified atom stereocenters. The van der Waals surface area contributed by atoms with Gasteiger partial charge in [0.2, 0.25) is 5.91 Å². The Kier molecular flexibility index (Phi) is 7.38. The molecule has 4 atom stereocenters. The van der Waals surface area contributed by atoms with Crippen LogP contribution in [0, 0.1) is 23.2 Å². The first-order valence-corrected chi connectivity index (χ1v) is 13.8. The van der Waals surface area contributed by atoms with Crippen molar-refractivity contribution in [1.82, 2.24) is 15.2 Å². The fourth-order valence-corrected chi connectivity index (χ4v) is 7.26. The number of amides is 1. The normalized spacial score (nSPS) is 33.2.